The van der Waals surface area contributed by atoms with Crippen LogP contribution in [0.5, 0.6) is 0 Å². The third kappa shape index (κ3) is 4.05. The minimum Gasteiger partial charge on any atom is -0.348 e. The highest BCUT2D eigenvalue weighted by Gasteiger charge is 2.27. The standard InChI is InChI=1S/C23H23F2N5O/c1-14(2)22(30-13-27-20-10-18(24)19(25)11-21(20)30)23(31)28-15(3)16-4-6-17(7-5-16)29-9-8-26-12-29/h4-15,22H,1-3H3,(H,28,31). The monoisotopic (exact) mass is 423 g/mol. The number of nitrogens with zero attached hydrogens (tertiary/aromatic N) is 4. The molecule has 2 aromatic heterocycles. The van der Waals surface area contributed by atoms with Crippen LogP contribution in [-0.2, 0) is 4.79 Å². The number of amides is 1. The molecule has 0 bridgehead atoms. The number of carbonyl (C=O) groups excluding carboxylic acids is 1. The van der Waals surface area contributed by atoms with E-state index in [9.17, 15) is 13.6 Å². The molecule has 160 valence electrons. The summed E-state index contributed by atoms with van der Waals surface area (Å²) in [6.45, 7) is 5.71. The SMILES string of the molecule is CC(NC(=O)C(C(C)C)n1cnc2cc(F)c(F)cc21)c1ccc(-n2ccnc2)cc1. The van der Waals surface area contributed by atoms with Gasteiger partial charge < -0.3 is 14.5 Å². The Labute approximate surface area is 178 Å². The number of hydrogen-bond acceptors (Lipinski definition) is 3. The van der Waals surface area contributed by atoms with Crippen molar-refractivity contribution in [1.82, 2.24) is 24.4 Å². The molecule has 0 aliphatic carbocycles. The van der Waals surface area contributed by atoms with Crippen LogP contribution in [0.2, 0.25) is 0 Å². The first-order valence-electron chi connectivity index (χ1n) is 10.1. The van der Waals surface area contributed by atoms with Gasteiger partial charge in [-0.3, -0.25) is 4.79 Å². The van der Waals surface area contributed by atoms with Gasteiger partial charge >= 0.3 is 0 Å². The molecule has 6 nitrogen and oxygen atoms in total. The zero-order valence-corrected chi connectivity index (χ0v) is 17.5. The highest BCUT2D eigenvalue weighted by molar-refractivity contribution is 5.84. The second kappa shape index (κ2) is 8.29. The van der Waals surface area contributed by atoms with Crippen molar-refractivity contribution in [2.75, 3.05) is 0 Å². The number of imidazole rings is 2. The van der Waals surface area contributed by atoms with Crippen LogP contribution in [0, 0.1) is 17.6 Å². The molecule has 2 aromatic carbocycles. The van der Waals surface area contributed by atoms with E-state index < -0.39 is 17.7 Å². The Hall–Kier alpha value is -3.55. The molecule has 2 unspecified atom stereocenters. The van der Waals surface area contributed by atoms with E-state index in [1.54, 1.807) is 17.1 Å². The number of fused-ring (bicyclic) bond motifs is 1. The smallest absolute Gasteiger partial charge is 0.243 e. The van der Waals surface area contributed by atoms with Crippen molar-refractivity contribution < 1.29 is 13.6 Å². The molecular weight excluding hydrogens is 400 g/mol. The molecule has 4 aromatic rings. The zero-order valence-electron chi connectivity index (χ0n) is 17.5. The Morgan fingerprint density at radius 3 is 2.39 bits per heavy atom. The number of carbonyl (C=O) groups is 1. The van der Waals surface area contributed by atoms with Crippen LogP contribution in [0.1, 0.15) is 38.4 Å². The minimum atomic E-state index is -0.969. The van der Waals surface area contributed by atoms with Gasteiger partial charge in [-0.15, -0.1) is 0 Å². The Morgan fingerprint density at radius 1 is 1.03 bits per heavy atom. The van der Waals surface area contributed by atoms with Gasteiger partial charge in [0.15, 0.2) is 11.6 Å². The number of benzene rings is 2. The van der Waals surface area contributed by atoms with Crippen LogP contribution in [0.4, 0.5) is 8.78 Å². The minimum absolute atomic E-state index is 0.0960. The summed E-state index contributed by atoms with van der Waals surface area (Å²) in [5, 5.41) is 3.04. The molecule has 1 N–H and O–H groups in total. The molecule has 0 saturated carbocycles. The maximum atomic E-state index is 13.8. The summed E-state index contributed by atoms with van der Waals surface area (Å²) in [7, 11) is 0. The molecule has 4 rings (SSSR count). The summed E-state index contributed by atoms with van der Waals surface area (Å²) in [4.78, 5) is 21.4. The van der Waals surface area contributed by atoms with Gasteiger partial charge in [-0.2, -0.15) is 0 Å². The van der Waals surface area contributed by atoms with E-state index in [-0.39, 0.29) is 17.9 Å². The molecule has 0 radical (unpaired) electrons. The van der Waals surface area contributed by atoms with Crippen molar-refractivity contribution in [3.63, 3.8) is 0 Å². The quantitative estimate of drug-likeness (QED) is 0.494. The van der Waals surface area contributed by atoms with Gasteiger partial charge in [-0.1, -0.05) is 26.0 Å². The first kappa shape index (κ1) is 20.7. The normalized spacial score (nSPS) is 13.5. The third-order valence-electron chi connectivity index (χ3n) is 5.37. The van der Waals surface area contributed by atoms with Crippen LogP contribution in [0.15, 0.2) is 61.4 Å². The van der Waals surface area contributed by atoms with Crippen LogP contribution < -0.4 is 5.32 Å². The van der Waals surface area contributed by atoms with Crippen molar-refractivity contribution in [3.05, 3.63) is 78.6 Å². The molecule has 8 heteroatoms. The van der Waals surface area contributed by atoms with Crippen molar-refractivity contribution >= 4 is 16.9 Å². The predicted octanol–water partition coefficient (Wildman–Crippen LogP) is 4.57. The molecule has 0 saturated heterocycles. The third-order valence-corrected chi connectivity index (χ3v) is 5.37. The lowest BCUT2D eigenvalue weighted by molar-refractivity contribution is -0.126. The highest BCUT2D eigenvalue weighted by atomic mass is 19.2. The number of rotatable bonds is 6. The van der Waals surface area contributed by atoms with Gasteiger partial charge in [-0.25, -0.2) is 18.7 Å². The van der Waals surface area contributed by atoms with Gasteiger partial charge in [-0.05, 0) is 30.5 Å². The summed E-state index contributed by atoms with van der Waals surface area (Å²) < 4.78 is 30.9. The largest absolute Gasteiger partial charge is 0.348 e. The van der Waals surface area contributed by atoms with Crippen molar-refractivity contribution in [2.24, 2.45) is 5.92 Å². The lowest BCUT2D eigenvalue weighted by Gasteiger charge is -2.25. The van der Waals surface area contributed by atoms with Crippen LogP contribution in [0.3, 0.4) is 0 Å². The van der Waals surface area contributed by atoms with Crippen molar-refractivity contribution in [1.29, 1.82) is 0 Å². The molecule has 31 heavy (non-hydrogen) atoms. The lowest BCUT2D eigenvalue weighted by atomic mass is 10.0. The number of halogens is 2. The lowest BCUT2D eigenvalue weighted by Crippen LogP contribution is -2.36. The molecule has 0 aliphatic rings. The number of aromatic nitrogens is 4. The van der Waals surface area contributed by atoms with Crippen LogP contribution in [-0.4, -0.2) is 25.0 Å². The van der Waals surface area contributed by atoms with E-state index in [0.717, 1.165) is 23.4 Å². The fourth-order valence-corrected chi connectivity index (χ4v) is 3.72. The van der Waals surface area contributed by atoms with E-state index in [0.29, 0.717) is 11.0 Å². The van der Waals surface area contributed by atoms with E-state index in [4.69, 9.17) is 0 Å². The maximum Gasteiger partial charge on any atom is 0.243 e. The van der Waals surface area contributed by atoms with Crippen LogP contribution in [0.25, 0.3) is 16.7 Å². The summed E-state index contributed by atoms with van der Waals surface area (Å²) in [6.07, 6.45) is 6.75. The van der Waals surface area contributed by atoms with Gasteiger partial charge in [0.2, 0.25) is 5.91 Å². The summed E-state index contributed by atoms with van der Waals surface area (Å²) in [5.74, 6) is -2.24. The zero-order chi connectivity index (χ0) is 22.1. The Balaban J connectivity index is 1.56. The number of hydrogen-bond donors (Lipinski definition) is 1. The molecule has 0 aliphatic heterocycles. The first-order chi connectivity index (χ1) is 14.8. The molecule has 0 fully saturated rings. The van der Waals surface area contributed by atoms with Gasteiger partial charge in [0.25, 0.3) is 0 Å². The second-order valence-electron chi connectivity index (χ2n) is 7.89. The van der Waals surface area contributed by atoms with E-state index in [2.05, 4.69) is 15.3 Å². The summed E-state index contributed by atoms with van der Waals surface area (Å²) in [6, 6.07) is 9.09. The molecule has 2 heterocycles. The molecule has 0 spiro atoms. The topological polar surface area (TPSA) is 64.7 Å². The fourth-order valence-electron chi connectivity index (χ4n) is 3.72. The second-order valence-corrected chi connectivity index (χ2v) is 7.89. The van der Waals surface area contributed by atoms with E-state index in [1.807, 2.05) is 55.8 Å². The van der Waals surface area contributed by atoms with Gasteiger partial charge in [0.1, 0.15) is 6.04 Å². The average Bonchev–Trinajstić information content (AvgIpc) is 3.40. The summed E-state index contributed by atoms with van der Waals surface area (Å²) in [5.41, 5.74) is 2.60. The Morgan fingerprint density at radius 2 is 1.74 bits per heavy atom. The van der Waals surface area contributed by atoms with E-state index in [1.165, 1.54) is 6.33 Å². The van der Waals surface area contributed by atoms with Gasteiger partial charge in [0, 0.05) is 30.2 Å². The van der Waals surface area contributed by atoms with Crippen LogP contribution >= 0.6 is 0 Å². The molecule has 2 atom stereocenters. The maximum absolute atomic E-state index is 13.8. The van der Waals surface area contributed by atoms with Crippen molar-refractivity contribution in [3.8, 4) is 5.69 Å². The number of nitrogens with one attached hydrogen (secondary N) is 1. The predicted molar refractivity (Wildman–Crippen MR) is 114 cm³/mol. The summed E-state index contributed by atoms with van der Waals surface area (Å²) >= 11 is 0. The van der Waals surface area contributed by atoms with Gasteiger partial charge in [0.05, 0.1) is 29.7 Å². The average molecular weight is 423 g/mol. The Kier molecular flexibility index (Phi) is 5.54. The highest BCUT2D eigenvalue weighted by Crippen LogP contribution is 2.26. The molecule has 1 amide bonds. The fraction of sp³-hybridized carbons (Fsp3) is 0.261. The Bertz CT molecular complexity index is 1200. The van der Waals surface area contributed by atoms with E-state index >= 15 is 0 Å². The molecular formula is C23H23F2N5O. The van der Waals surface area contributed by atoms with Crippen molar-refractivity contribution in [2.45, 2.75) is 32.9 Å². The first-order valence-corrected chi connectivity index (χ1v) is 10.1.